The first-order chi connectivity index (χ1) is 8.22. The van der Waals surface area contributed by atoms with Gasteiger partial charge in [0.05, 0.1) is 6.20 Å². The fraction of sp³-hybridized carbons (Fsp3) is 0.769. The first-order valence-electron chi connectivity index (χ1n) is 6.64. The first-order valence-corrected chi connectivity index (χ1v) is 6.64. The number of aryl methyl sites for hydroxylation is 1. The summed E-state index contributed by atoms with van der Waals surface area (Å²) < 4.78 is 1.87. The Balaban J connectivity index is 1.95. The Morgan fingerprint density at radius 3 is 2.94 bits per heavy atom. The normalized spacial score (nSPS) is 26.3. The van der Waals surface area contributed by atoms with Crippen LogP contribution in [0.1, 0.15) is 31.7 Å². The maximum Gasteiger partial charge on any atom is 0.0534 e. The van der Waals surface area contributed by atoms with Crippen LogP contribution in [0.5, 0.6) is 0 Å². The highest BCUT2D eigenvalue weighted by atomic mass is 15.2. The second kappa shape index (κ2) is 5.65. The third kappa shape index (κ3) is 3.07. The molecule has 1 fully saturated rings. The summed E-state index contributed by atoms with van der Waals surface area (Å²) in [6.45, 7) is 5.23. The molecule has 0 aliphatic carbocycles. The largest absolute Gasteiger partial charge is 0.329 e. The van der Waals surface area contributed by atoms with E-state index in [0.717, 1.165) is 19.0 Å². The molecular formula is C13H24N4. The predicted octanol–water partition coefficient (Wildman–Crippen LogP) is 1.37. The van der Waals surface area contributed by atoms with Crippen LogP contribution in [0.3, 0.4) is 0 Å². The van der Waals surface area contributed by atoms with Crippen LogP contribution in [-0.2, 0) is 13.6 Å². The van der Waals surface area contributed by atoms with E-state index in [1.54, 1.807) is 0 Å². The smallest absolute Gasteiger partial charge is 0.0534 e. The molecule has 96 valence electrons. The fourth-order valence-electron chi connectivity index (χ4n) is 2.79. The molecule has 0 amide bonds. The minimum Gasteiger partial charge on any atom is -0.329 e. The molecule has 1 saturated heterocycles. The summed E-state index contributed by atoms with van der Waals surface area (Å²) >= 11 is 0. The minimum atomic E-state index is 0.550. The van der Waals surface area contributed by atoms with Gasteiger partial charge in [-0.1, -0.05) is 13.3 Å². The maximum absolute atomic E-state index is 5.91. The summed E-state index contributed by atoms with van der Waals surface area (Å²) in [6, 6.07) is 0.550. The quantitative estimate of drug-likeness (QED) is 0.859. The van der Waals surface area contributed by atoms with Crippen LogP contribution in [0.2, 0.25) is 0 Å². The molecule has 2 unspecified atom stereocenters. The van der Waals surface area contributed by atoms with Gasteiger partial charge in [0.15, 0.2) is 0 Å². The predicted molar refractivity (Wildman–Crippen MR) is 69.5 cm³/mol. The molecule has 1 aromatic heterocycles. The Morgan fingerprint density at radius 2 is 2.35 bits per heavy atom. The molecule has 0 spiro atoms. The first kappa shape index (κ1) is 12.6. The van der Waals surface area contributed by atoms with E-state index in [4.69, 9.17) is 5.73 Å². The molecule has 17 heavy (non-hydrogen) atoms. The molecule has 1 aliphatic rings. The van der Waals surface area contributed by atoms with Crippen molar-refractivity contribution in [2.45, 2.75) is 38.8 Å². The van der Waals surface area contributed by atoms with Gasteiger partial charge in [0.25, 0.3) is 0 Å². The van der Waals surface area contributed by atoms with Crippen molar-refractivity contribution in [3.8, 4) is 0 Å². The van der Waals surface area contributed by atoms with E-state index < -0.39 is 0 Å². The van der Waals surface area contributed by atoms with E-state index in [1.807, 2.05) is 17.9 Å². The van der Waals surface area contributed by atoms with Gasteiger partial charge in [-0.25, -0.2) is 0 Å². The number of nitrogens with zero attached hydrogens (tertiary/aromatic N) is 3. The maximum atomic E-state index is 5.91. The lowest BCUT2D eigenvalue weighted by molar-refractivity contribution is 0.107. The Bertz CT molecular complexity index is 347. The molecule has 4 heteroatoms. The fourth-order valence-corrected chi connectivity index (χ4v) is 2.79. The second-order valence-corrected chi connectivity index (χ2v) is 5.18. The van der Waals surface area contributed by atoms with Gasteiger partial charge in [0, 0.05) is 37.9 Å². The van der Waals surface area contributed by atoms with Crippen molar-refractivity contribution < 1.29 is 0 Å². The summed E-state index contributed by atoms with van der Waals surface area (Å²) in [4.78, 5) is 2.52. The molecule has 0 saturated carbocycles. The van der Waals surface area contributed by atoms with E-state index in [0.29, 0.717) is 6.04 Å². The third-order valence-corrected chi connectivity index (χ3v) is 3.94. The third-order valence-electron chi connectivity index (χ3n) is 3.94. The standard InChI is InChI=1S/C13H24N4/c1-3-11-4-5-17(13(6-11)7-14)10-12-8-15-16(2)9-12/h8-9,11,13H,3-7,10,14H2,1-2H3. The van der Waals surface area contributed by atoms with Gasteiger partial charge in [-0.2, -0.15) is 5.10 Å². The molecule has 1 aliphatic heterocycles. The van der Waals surface area contributed by atoms with Gasteiger partial charge in [-0.3, -0.25) is 9.58 Å². The highest BCUT2D eigenvalue weighted by Crippen LogP contribution is 2.26. The molecule has 2 heterocycles. The van der Waals surface area contributed by atoms with Gasteiger partial charge in [-0.15, -0.1) is 0 Å². The molecule has 2 rings (SSSR count). The average Bonchev–Trinajstić information content (AvgIpc) is 2.75. The summed E-state index contributed by atoms with van der Waals surface area (Å²) in [5.41, 5.74) is 7.20. The van der Waals surface area contributed by atoms with E-state index in [1.165, 1.54) is 31.4 Å². The topological polar surface area (TPSA) is 47.1 Å². The highest BCUT2D eigenvalue weighted by Gasteiger charge is 2.26. The number of likely N-dealkylation sites (tertiary alicyclic amines) is 1. The van der Waals surface area contributed by atoms with Gasteiger partial charge in [0.2, 0.25) is 0 Å². The Kier molecular flexibility index (Phi) is 4.18. The Hall–Kier alpha value is -0.870. The molecule has 1 aromatic rings. The lowest BCUT2D eigenvalue weighted by Crippen LogP contribution is -2.45. The lowest BCUT2D eigenvalue weighted by atomic mass is 9.89. The van der Waals surface area contributed by atoms with Crippen molar-refractivity contribution in [3.63, 3.8) is 0 Å². The molecule has 4 nitrogen and oxygen atoms in total. The van der Waals surface area contributed by atoms with E-state index in [2.05, 4.69) is 23.1 Å². The number of hydrogen-bond donors (Lipinski definition) is 1. The number of piperidine rings is 1. The number of nitrogens with two attached hydrogens (primary N) is 1. The zero-order chi connectivity index (χ0) is 12.3. The van der Waals surface area contributed by atoms with Gasteiger partial charge >= 0.3 is 0 Å². The van der Waals surface area contributed by atoms with Crippen molar-refractivity contribution in [1.82, 2.24) is 14.7 Å². The van der Waals surface area contributed by atoms with Gasteiger partial charge < -0.3 is 5.73 Å². The molecule has 0 aromatic carbocycles. The van der Waals surface area contributed by atoms with Crippen LogP contribution in [-0.4, -0.2) is 33.8 Å². The zero-order valence-electron chi connectivity index (χ0n) is 11.0. The number of hydrogen-bond acceptors (Lipinski definition) is 3. The van der Waals surface area contributed by atoms with Crippen LogP contribution in [0.25, 0.3) is 0 Å². The molecular weight excluding hydrogens is 212 g/mol. The molecule has 2 atom stereocenters. The summed E-state index contributed by atoms with van der Waals surface area (Å²) in [7, 11) is 1.97. The van der Waals surface area contributed by atoms with Crippen LogP contribution in [0, 0.1) is 5.92 Å². The van der Waals surface area contributed by atoms with E-state index >= 15 is 0 Å². The van der Waals surface area contributed by atoms with Crippen LogP contribution < -0.4 is 5.73 Å². The lowest BCUT2D eigenvalue weighted by Gasteiger charge is -2.38. The average molecular weight is 236 g/mol. The van der Waals surface area contributed by atoms with Gasteiger partial charge in [-0.05, 0) is 25.3 Å². The van der Waals surface area contributed by atoms with Crippen LogP contribution in [0.15, 0.2) is 12.4 Å². The summed E-state index contributed by atoms with van der Waals surface area (Å²) in [6.07, 6.45) is 7.91. The Labute approximate surface area is 104 Å². The zero-order valence-corrected chi connectivity index (χ0v) is 11.0. The summed E-state index contributed by atoms with van der Waals surface area (Å²) in [5.74, 6) is 0.869. The van der Waals surface area contributed by atoms with Gasteiger partial charge in [0.1, 0.15) is 0 Å². The van der Waals surface area contributed by atoms with Crippen molar-refractivity contribution >= 4 is 0 Å². The van der Waals surface area contributed by atoms with E-state index in [-0.39, 0.29) is 0 Å². The number of aromatic nitrogens is 2. The highest BCUT2D eigenvalue weighted by molar-refractivity contribution is 5.04. The minimum absolute atomic E-state index is 0.550. The molecule has 0 radical (unpaired) electrons. The van der Waals surface area contributed by atoms with Crippen molar-refractivity contribution in [2.75, 3.05) is 13.1 Å². The van der Waals surface area contributed by atoms with Crippen molar-refractivity contribution in [1.29, 1.82) is 0 Å². The van der Waals surface area contributed by atoms with Crippen LogP contribution >= 0.6 is 0 Å². The molecule has 2 N–H and O–H groups in total. The number of rotatable bonds is 4. The van der Waals surface area contributed by atoms with Crippen LogP contribution in [0.4, 0.5) is 0 Å². The SMILES string of the molecule is CCC1CCN(Cc2cnn(C)c2)C(CN)C1. The second-order valence-electron chi connectivity index (χ2n) is 5.18. The Morgan fingerprint density at radius 1 is 1.53 bits per heavy atom. The van der Waals surface area contributed by atoms with E-state index in [9.17, 15) is 0 Å². The van der Waals surface area contributed by atoms with Crippen molar-refractivity contribution in [2.24, 2.45) is 18.7 Å². The summed E-state index contributed by atoms with van der Waals surface area (Å²) in [5, 5.41) is 4.22. The monoisotopic (exact) mass is 236 g/mol. The van der Waals surface area contributed by atoms with Crippen molar-refractivity contribution in [3.05, 3.63) is 18.0 Å². The molecule has 0 bridgehead atoms.